The van der Waals surface area contributed by atoms with Crippen LogP contribution in [0.5, 0.6) is 5.75 Å². The number of hydrogen-bond acceptors (Lipinski definition) is 6. The van der Waals surface area contributed by atoms with Crippen LogP contribution in [0.2, 0.25) is 0 Å². The number of methoxy groups -OCH3 is 1. The highest BCUT2D eigenvalue weighted by Gasteiger charge is 2.30. The number of piperidine rings is 1. The van der Waals surface area contributed by atoms with Crippen LogP contribution in [0, 0.1) is 5.92 Å². The fraction of sp³-hybridized carbons (Fsp3) is 0.500. The van der Waals surface area contributed by atoms with Crippen LogP contribution in [0.15, 0.2) is 47.0 Å². The van der Waals surface area contributed by atoms with Gasteiger partial charge in [0.05, 0.1) is 25.6 Å². The van der Waals surface area contributed by atoms with Crippen LogP contribution in [-0.4, -0.2) is 41.1 Å². The number of benzene rings is 2. The average Bonchev–Trinajstić information content (AvgIpc) is 3.36. The molecule has 2 atom stereocenters. The maximum Gasteiger partial charge on any atom is 0.241 e. The van der Waals surface area contributed by atoms with E-state index in [4.69, 9.17) is 9.26 Å². The molecule has 2 aromatic carbocycles. The van der Waals surface area contributed by atoms with Crippen LogP contribution in [0.3, 0.4) is 0 Å². The van der Waals surface area contributed by atoms with Gasteiger partial charge in [0.2, 0.25) is 17.6 Å². The Hall–Kier alpha value is -3.19. The predicted molar refractivity (Wildman–Crippen MR) is 143 cm³/mol. The standard InChI is InChI=1S/C30H38N4O3/c1-30(2,3)23-12-10-20(11-13-23)28-32-27(37-33-28)19-34-16-6-8-22(18-34)29(35)31-26-9-5-7-21-17-24(36-4)14-15-25(21)26/h10-15,17,22,26H,5-9,16,18-19H2,1-4H3,(H,31,35). The lowest BCUT2D eigenvalue weighted by molar-refractivity contribution is -0.127. The Kier molecular flexibility index (Phi) is 7.33. The molecule has 196 valence electrons. The molecule has 1 amide bonds. The monoisotopic (exact) mass is 502 g/mol. The van der Waals surface area contributed by atoms with E-state index in [1.54, 1.807) is 7.11 Å². The summed E-state index contributed by atoms with van der Waals surface area (Å²) < 4.78 is 11.0. The number of nitrogens with one attached hydrogen (secondary N) is 1. The number of ether oxygens (including phenoxy) is 1. The lowest BCUT2D eigenvalue weighted by atomic mass is 9.86. The number of hydrogen-bond donors (Lipinski definition) is 1. The molecule has 1 fully saturated rings. The maximum absolute atomic E-state index is 13.3. The molecule has 2 heterocycles. The molecule has 3 aromatic rings. The van der Waals surface area contributed by atoms with Gasteiger partial charge in [0.15, 0.2) is 0 Å². The normalized spacial score (nSPS) is 20.3. The average molecular weight is 503 g/mol. The van der Waals surface area contributed by atoms with Crippen LogP contribution in [0.4, 0.5) is 0 Å². The van der Waals surface area contributed by atoms with E-state index >= 15 is 0 Å². The molecule has 0 saturated carbocycles. The van der Waals surface area contributed by atoms with Gasteiger partial charge in [-0.1, -0.05) is 56.3 Å². The second kappa shape index (κ2) is 10.7. The van der Waals surface area contributed by atoms with E-state index in [0.717, 1.165) is 50.0 Å². The van der Waals surface area contributed by atoms with Crippen molar-refractivity contribution in [1.82, 2.24) is 20.4 Å². The second-order valence-corrected chi connectivity index (χ2v) is 11.4. The van der Waals surface area contributed by atoms with Crippen LogP contribution in [-0.2, 0) is 23.2 Å². The van der Waals surface area contributed by atoms with Gasteiger partial charge in [-0.2, -0.15) is 4.98 Å². The fourth-order valence-electron chi connectivity index (χ4n) is 5.52. The van der Waals surface area contributed by atoms with Gasteiger partial charge in [0.1, 0.15) is 5.75 Å². The first-order valence-corrected chi connectivity index (χ1v) is 13.4. The summed E-state index contributed by atoms with van der Waals surface area (Å²) >= 11 is 0. The molecule has 7 heteroatoms. The Balaban J connectivity index is 1.19. The highest BCUT2D eigenvalue weighted by Crippen LogP contribution is 2.33. The van der Waals surface area contributed by atoms with Crippen molar-refractivity contribution in [3.05, 3.63) is 65.0 Å². The zero-order valence-electron chi connectivity index (χ0n) is 22.4. The summed E-state index contributed by atoms with van der Waals surface area (Å²) in [5, 5.41) is 7.56. The van der Waals surface area contributed by atoms with Crippen molar-refractivity contribution in [1.29, 1.82) is 0 Å². The SMILES string of the molecule is COc1ccc2c(c1)CCCC2NC(=O)C1CCCN(Cc2nc(-c3ccc(C(C)(C)C)cc3)no2)C1. The Morgan fingerprint density at radius 1 is 1.14 bits per heavy atom. The Labute approximate surface area is 219 Å². The fourth-order valence-corrected chi connectivity index (χ4v) is 5.52. The van der Waals surface area contributed by atoms with Crippen molar-refractivity contribution in [2.24, 2.45) is 5.92 Å². The molecule has 2 aliphatic rings. The van der Waals surface area contributed by atoms with Gasteiger partial charge in [-0.15, -0.1) is 0 Å². The molecule has 1 aliphatic heterocycles. The van der Waals surface area contributed by atoms with E-state index in [9.17, 15) is 4.79 Å². The van der Waals surface area contributed by atoms with Crippen molar-refractivity contribution >= 4 is 5.91 Å². The summed E-state index contributed by atoms with van der Waals surface area (Å²) in [5.74, 6) is 2.17. The summed E-state index contributed by atoms with van der Waals surface area (Å²) in [6.45, 7) is 8.78. The highest BCUT2D eigenvalue weighted by molar-refractivity contribution is 5.79. The van der Waals surface area contributed by atoms with Gasteiger partial charge >= 0.3 is 0 Å². The molecule has 7 nitrogen and oxygen atoms in total. The summed E-state index contributed by atoms with van der Waals surface area (Å²) in [6, 6.07) is 14.6. The molecule has 0 bridgehead atoms. The molecule has 1 aliphatic carbocycles. The minimum Gasteiger partial charge on any atom is -0.497 e. The lowest BCUT2D eigenvalue weighted by Gasteiger charge is -2.33. The molecule has 1 N–H and O–H groups in total. The molecule has 5 rings (SSSR count). The van der Waals surface area contributed by atoms with E-state index in [-0.39, 0.29) is 23.3 Å². The third-order valence-corrected chi connectivity index (χ3v) is 7.69. The van der Waals surface area contributed by atoms with E-state index in [1.807, 2.05) is 6.07 Å². The lowest BCUT2D eigenvalue weighted by Crippen LogP contribution is -2.44. The van der Waals surface area contributed by atoms with E-state index in [2.05, 4.69) is 77.5 Å². The van der Waals surface area contributed by atoms with Gasteiger partial charge in [-0.25, -0.2) is 0 Å². The molecular formula is C30H38N4O3. The summed E-state index contributed by atoms with van der Waals surface area (Å²) in [6.07, 6.45) is 4.96. The van der Waals surface area contributed by atoms with Crippen molar-refractivity contribution in [3.8, 4) is 17.1 Å². The maximum atomic E-state index is 13.3. The number of carbonyl (C=O) groups excluding carboxylic acids is 1. The van der Waals surface area contributed by atoms with Crippen molar-refractivity contribution < 1.29 is 14.1 Å². The minimum absolute atomic E-state index is 0.0373. The largest absolute Gasteiger partial charge is 0.497 e. The first-order valence-electron chi connectivity index (χ1n) is 13.4. The molecule has 1 aromatic heterocycles. The number of aromatic nitrogens is 2. The van der Waals surface area contributed by atoms with Crippen molar-refractivity contribution in [2.75, 3.05) is 20.2 Å². The van der Waals surface area contributed by atoms with E-state index in [0.29, 0.717) is 24.8 Å². The molecular weight excluding hydrogens is 464 g/mol. The Bertz CT molecular complexity index is 1230. The quantitative estimate of drug-likeness (QED) is 0.483. The van der Waals surface area contributed by atoms with E-state index in [1.165, 1.54) is 16.7 Å². The highest BCUT2D eigenvalue weighted by atomic mass is 16.5. The predicted octanol–water partition coefficient (Wildman–Crippen LogP) is 5.45. The molecule has 37 heavy (non-hydrogen) atoms. The zero-order chi connectivity index (χ0) is 26.0. The number of fused-ring (bicyclic) bond motifs is 1. The van der Waals surface area contributed by atoms with Gasteiger partial charge in [-0.05, 0) is 72.9 Å². The number of amides is 1. The number of likely N-dealkylation sites (tertiary alicyclic amines) is 1. The third-order valence-electron chi connectivity index (χ3n) is 7.69. The topological polar surface area (TPSA) is 80.5 Å². The van der Waals surface area contributed by atoms with Gasteiger partial charge < -0.3 is 14.6 Å². The van der Waals surface area contributed by atoms with Crippen LogP contribution < -0.4 is 10.1 Å². The Morgan fingerprint density at radius 3 is 2.70 bits per heavy atom. The first-order chi connectivity index (χ1) is 17.8. The van der Waals surface area contributed by atoms with E-state index < -0.39 is 0 Å². The van der Waals surface area contributed by atoms with Crippen molar-refractivity contribution in [3.63, 3.8) is 0 Å². The van der Waals surface area contributed by atoms with Crippen molar-refractivity contribution in [2.45, 2.75) is 70.9 Å². The van der Waals surface area contributed by atoms with Crippen LogP contribution >= 0.6 is 0 Å². The summed E-state index contributed by atoms with van der Waals surface area (Å²) in [5.41, 5.74) is 4.83. The van der Waals surface area contributed by atoms with Crippen LogP contribution in [0.25, 0.3) is 11.4 Å². The van der Waals surface area contributed by atoms with Gasteiger partial charge in [0, 0.05) is 12.1 Å². The third kappa shape index (κ3) is 5.87. The number of rotatable bonds is 6. The van der Waals surface area contributed by atoms with Crippen LogP contribution in [0.1, 0.15) is 75.1 Å². The number of aryl methyl sites for hydroxylation is 1. The summed E-state index contributed by atoms with van der Waals surface area (Å²) in [7, 11) is 1.69. The first kappa shape index (κ1) is 25.5. The number of carbonyl (C=O) groups is 1. The summed E-state index contributed by atoms with van der Waals surface area (Å²) in [4.78, 5) is 20.2. The molecule has 0 radical (unpaired) electrons. The number of nitrogens with zero attached hydrogens (tertiary/aromatic N) is 3. The minimum atomic E-state index is -0.0373. The second-order valence-electron chi connectivity index (χ2n) is 11.4. The molecule has 0 spiro atoms. The van der Waals surface area contributed by atoms with Gasteiger partial charge in [0.25, 0.3) is 0 Å². The molecule has 2 unspecified atom stereocenters. The Morgan fingerprint density at radius 2 is 1.95 bits per heavy atom. The zero-order valence-corrected chi connectivity index (χ0v) is 22.4. The smallest absolute Gasteiger partial charge is 0.241 e. The van der Waals surface area contributed by atoms with Gasteiger partial charge in [-0.3, -0.25) is 9.69 Å². The molecule has 1 saturated heterocycles.